The quantitative estimate of drug-likeness (QED) is 0.872. The molecule has 1 fully saturated rings. The van der Waals surface area contributed by atoms with Gasteiger partial charge in [-0.05, 0) is 24.1 Å². The van der Waals surface area contributed by atoms with Gasteiger partial charge < -0.3 is 4.90 Å². The smallest absolute Gasteiger partial charge is 0.241 e. The maximum absolute atomic E-state index is 12.5. The normalized spacial score (nSPS) is 23.6. The summed E-state index contributed by atoms with van der Waals surface area (Å²) in [6.07, 6.45) is 3.23. The van der Waals surface area contributed by atoms with E-state index < -0.39 is 10.8 Å². The molecule has 1 aliphatic rings. The van der Waals surface area contributed by atoms with E-state index >= 15 is 0 Å². The summed E-state index contributed by atoms with van der Waals surface area (Å²) in [6.45, 7) is 2.56. The number of amides is 1. The Bertz CT molecular complexity index is 538. The Hall–Kier alpha value is -0.910. The largest absolute Gasteiger partial charge is 0.321 e. The first-order valence-corrected chi connectivity index (χ1v) is 9.25. The molecule has 4 nitrogen and oxygen atoms in total. The van der Waals surface area contributed by atoms with Gasteiger partial charge in [-0.3, -0.25) is 14.3 Å². The standard InChI is InChI=1S/C15H21ClN2O2S/c1-3-5-13-15(19)18(8-9-21(2)20)14(17-13)11-6-4-7-12(16)10-11/h4,6-7,10,13-14,17H,3,5,8-9H2,1-2H3. The van der Waals surface area contributed by atoms with E-state index in [1.54, 1.807) is 11.2 Å². The van der Waals surface area contributed by atoms with Crippen molar-refractivity contribution < 1.29 is 9.00 Å². The number of hydrogen-bond donors (Lipinski definition) is 1. The Morgan fingerprint density at radius 2 is 2.19 bits per heavy atom. The highest BCUT2D eigenvalue weighted by molar-refractivity contribution is 7.84. The van der Waals surface area contributed by atoms with Gasteiger partial charge in [-0.25, -0.2) is 0 Å². The van der Waals surface area contributed by atoms with E-state index in [4.69, 9.17) is 11.6 Å². The maximum Gasteiger partial charge on any atom is 0.241 e. The molecule has 6 heteroatoms. The number of nitrogens with one attached hydrogen (secondary N) is 1. The monoisotopic (exact) mass is 328 g/mol. The third-order valence-corrected chi connectivity index (χ3v) is 4.61. The van der Waals surface area contributed by atoms with E-state index in [2.05, 4.69) is 12.2 Å². The van der Waals surface area contributed by atoms with Gasteiger partial charge in [-0.1, -0.05) is 37.1 Å². The summed E-state index contributed by atoms with van der Waals surface area (Å²) in [4.78, 5) is 14.3. The summed E-state index contributed by atoms with van der Waals surface area (Å²) in [5.41, 5.74) is 0.969. The first-order chi connectivity index (χ1) is 10.0. The zero-order valence-corrected chi connectivity index (χ0v) is 13.9. The van der Waals surface area contributed by atoms with Crippen LogP contribution >= 0.6 is 11.6 Å². The lowest BCUT2D eigenvalue weighted by Crippen LogP contribution is -2.34. The van der Waals surface area contributed by atoms with Gasteiger partial charge in [0.15, 0.2) is 0 Å². The summed E-state index contributed by atoms with van der Waals surface area (Å²) in [7, 11) is -0.915. The molecular formula is C15H21ClN2O2S. The predicted octanol–water partition coefficient (Wildman–Crippen LogP) is 2.32. The van der Waals surface area contributed by atoms with Crippen LogP contribution < -0.4 is 5.32 Å². The van der Waals surface area contributed by atoms with Crippen molar-refractivity contribution in [1.29, 1.82) is 0 Å². The fourth-order valence-electron chi connectivity index (χ4n) is 2.59. The molecule has 0 spiro atoms. The molecule has 3 atom stereocenters. The Morgan fingerprint density at radius 3 is 2.81 bits per heavy atom. The molecule has 1 aromatic rings. The molecule has 0 saturated carbocycles. The molecule has 1 amide bonds. The van der Waals surface area contributed by atoms with Crippen LogP contribution in [0.2, 0.25) is 5.02 Å². The molecule has 0 bridgehead atoms. The molecule has 0 radical (unpaired) electrons. The molecule has 1 aromatic carbocycles. The van der Waals surface area contributed by atoms with Gasteiger partial charge in [-0.15, -0.1) is 0 Å². The van der Waals surface area contributed by atoms with Gasteiger partial charge in [0.25, 0.3) is 0 Å². The third-order valence-electron chi connectivity index (χ3n) is 3.61. The van der Waals surface area contributed by atoms with E-state index in [1.165, 1.54) is 0 Å². The highest BCUT2D eigenvalue weighted by Crippen LogP contribution is 2.28. The second-order valence-electron chi connectivity index (χ2n) is 5.27. The maximum atomic E-state index is 12.5. The molecule has 1 aliphatic heterocycles. The van der Waals surface area contributed by atoms with Gasteiger partial charge in [0, 0.05) is 34.4 Å². The fourth-order valence-corrected chi connectivity index (χ4v) is 3.25. The van der Waals surface area contributed by atoms with E-state index in [9.17, 15) is 9.00 Å². The summed E-state index contributed by atoms with van der Waals surface area (Å²) in [5.74, 6) is 0.579. The van der Waals surface area contributed by atoms with E-state index in [0.29, 0.717) is 17.3 Å². The molecule has 0 aromatic heterocycles. The lowest BCUT2D eigenvalue weighted by Gasteiger charge is -2.24. The summed E-state index contributed by atoms with van der Waals surface area (Å²) < 4.78 is 11.3. The minimum atomic E-state index is -0.915. The minimum Gasteiger partial charge on any atom is -0.321 e. The topological polar surface area (TPSA) is 49.4 Å². The molecule has 21 heavy (non-hydrogen) atoms. The van der Waals surface area contributed by atoms with Crippen molar-refractivity contribution in [3.8, 4) is 0 Å². The van der Waals surface area contributed by atoms with Crippen LogP contribution in [0, 0.1) is 0 Å². The van der Waals surface area contributed by atoms with E-state index in [-0.39, 0.29) is 18.1 Å². The van der Waals surface area contributed by atoms with Crippen LogP contribution in [0.1, 0.15) is 31.5 Å². The average molecular weight is 329 g/mol. The van der Waals surface area contributed by atoms with Crippen LogP contribution in [0.3, 0.4) is 0 Å². The number of hydrogen-bond acceptors (Lipinski definition) is 3. The van der Waals surface area contributed by atoms with Crippen LogP contribution in [0.5, 0.6) is 0 Å². The highest BCUT2D eigenvalue weighted by Gasteiger charge is 2.38. The fraction of sp³-hybridized carbons (Fsp3) is 0.533. The van der Waals surface area contributed by atoms with Crippen LogP contribution in [-0.2, 0) is 15.6 Å². The van der Waals surface area contributed by atoms with Gasteiger partial charge >= 0.3 is 0 Å². The zero-order valence-electron chi connectivity index (χ0n) is 12.3. The second kappa shape index (κ2) is 7.38. The molecular weight excluding hydrogens is 308 g/mol. The van der Waals surface area contributed by atoms with Crippen LogP contribution in [0.25, 0.3) is 0 Å². The van der Waals surface area contributed by atoms with Gasteiger partial charge in [-0.2, -0.15) is 0 Å². The molecule has 116 valence electrons. The van der Waals surface area contributed by atoms with Crippen LogP contribution in [0.4, 0.5) is 0 Å². The molecule has 1 heterocycles. The molecule has 3 unspecified atom stereocenters. The van der Waals surface area contributed by atoms with Gasteiger partial charge in [0.2, 0.25) is 5.91 Å². The molecule has 1 saturated heterocycles. The Balaban J connectivity index is 2.22. The number of benzene rings is 1. The number of rotatable bonds is 6. The SMILES string of the molecule is CCCC1NC(c2cccc(Cl)c2)N(CCS(C)=O)C1=O. The van der Waals surface area contributed by atoms with E-state index in [1.807, 2.05) is 24.3 Å². The van der Waals surface area contributed by atoms with E-state index in [0.717, 1.165) is 18.4 Å². The Kier molecular flexibility index (Phi) is 5.79. The second-order valence-corrected chi connectivity index (χ2v) is 7.27. The summed E-state index contributed by atoms with van der Waals surface area (Å²) in [5, 5.41) is 4.03. The van der Waals surface area contributed by atoms with Crippen molar-refractivity contribution in [3.63, 3.8) is 0 Å². The molecule has 0 aliphatic carbocycles. The zero-order chi connectivity index (χ0) is 15.4. The Morgan fingerprint density at radius 1 is 1.43 bits per heavy atom. The lowest BCUT2D eigenvalue weighted by atomic mass is 10.1. The number of carbonyl (C=O) groups is 1. The van der Waals surface area contributed by atoms with Crippen LogP contribution in [0.15, 0.2) is 24.3 Å². The van der Waals surface area contributed by atoms with Crippen molar-refractivity contribution in [3.05, 3.63) is 34.9 Å². The molecule has 2 rings (SSSR count). The van der Waals surface area contributed by atoms with Crippen molar-refractivity contribution >= 4 is 28.3 Å². The molecule has 1 N–H and O–H groups in total. The minimum absolute atomic E-state index is 0.0901. The number of halogens is 1. The predicted molar refractivity (Wildman–Crippen MR) is 86.7 cm³/mol. The van der Waals surface area contributed by atoms with Gasteiger partial charge in [0.05, 0.1) is 6.04 Å². The highest BCUT2D eigenvalue weighted by atomic mass is 35.5. The van der Waals surface area contributed by atoms with Crippen molar-refractivity contribution in [1.82, 2.24) is 10.2 Å². The van der Waals surface area contributed by atoms with Crippen molar-refractivity contribution in [2.24, 2.45) is 0 Å². The number of carbonyl (C=O) groups excluding carboxylic acids is 1. The summed E-state index contributed by atoms with van der Waals surface area (Å²) in [6, 6.07) is 7.37. The first-order valence-electron chi connectivity index (χ1n) is 7.15. The number of nitrogens with zero attached hydrogens (tertiary/aromatic N) is 1. The first kappa shape index (κ1) is 16.5. The Labute approximate surface area is 133 Å². The lowest BCUT2D eigenvalue weighted by molar-refractivity contribution is -0.130. The summed E-state index contributed by atoms with van der Waals surface area (Å²) >= 11 is 6.05. The van der Waals surface area contributed by atoms with Crippen molar-refractivity contribution in [2.75, 3.05) is 18.6 Å². The average Bonchev–Trinajstić information content (AvgIpc) is 2.74. The van der Waals surface area contributed by atoms with Crippen molar-refractivity contribution in [2.45, 2.75) is 32.0 Å². The van der Waals surface area contributed by atoms with Crippen LogP contribution in [-0.4, -0.2) is 39.6 Å². The third kappa shape index (κ3) is 4.05. The van der Waals surface area contributed by atoms with Gasteiger partial charge in [0.1, 0.15) is 6.17 Å².